The SMILES string of the molecule is Cc1ccc2c(c1)C(O)(c1ccccc1)C(=O)N2Cc1ccccc1. The number of amides is 1. The zero-order valence-corrected chi connectivity index (χ0v) is 14.0. The first-order valence-corrected chi connectivity index (χ1v) is 8.35. The highest BCUT2D eigenvalue weighted by Crippen LogP contribution is 2.45. The number of aliphatic hydroxyl groups is 1. The highest BCUT2D eigenvalue weighted by molar-refractivity contribution is 6.09. The standard InChI is InChI=1S/C22H19NO2/c1-16-12-13-20-19(14-16)22(25,18-10-6-3-7-11-18)21(24)23(20)15-17-8-4-2-5-9-17/h2-14,25H,15H2,1H3. The molecule has 1 atom stereocenters. The topological polar surface area (TPSA) is 40.5 Å². The highest BCUT2D eigenvalue weighted by Gasteiger charge is 2.50. The van der Waals surface area contributed by atoms with Gasteiger partial charge in [0.15, 0.2) is 5.60 Å². The minimum atomic E-state index is -1.64. The summed E-state index contributed by atoms with van der Waals surface area (Å²) in [5, 5.41) is 11.5. The van der Waals surface area contributed by atoms with E-state index in [1.807, 2.05) is 73.7 Å². The van der Waals surface area contributed by atoms with Crippen molar-refractivity contribution in [3.63, 3.8) is 0 Å². The zero-order valence-electron chi connectivity index (χ0n) is 14.0. The van der Waals surface area contributed by atoms with Gasteiger partial charge in [-0.25, -0.2) is 0 Å². The quantitative estimate of drug-likeness (QED) is 0.794. The van der Waals surface area contributed by atoms with E-state index in [0.717, 1.165) is 16.8 Å². The fourth-order valence-electron chi connectivity index (χ4n) is 3.48. The van der Waals surface area contributed by atoms with Gasteiger partial charge >= 0.3 is 0 Å². The summed E-state index contributed by atoms with van der Waals surface area (Å²) in [5.74, 6) is -0.303. The molecule has 3 heteroatoms. The molecule has 0 saturated heterocycles. The van der Waals surface area contributed by atoms with Gasteiger partial charge < -0.3 is 10.0 Å². The molecule has 0 aliphatic carbocycles. The van der Waals surface area contributed by atoms with Crippen molar-refractivity contribution in [1.82, 2.24) is 0 Å². The third kappa shape index (κ3) is 2.44. The summed E-state index contributed by atoms with van der Waals surface area (Å²) >= 11 is 0. The Labute approximate surface area is 147 Å². The van der Waals surface area contributed by atoms with E-state index in [1.54, 1.807) is 17.0 Å². The predicted octanol–water partition coefficient (Wildman–Crippen LogP) is 3.78. The summed E-state index contributed by atoms with van der Waals surface area (Å²) in [4.78, 5) is 15.0. The molecule has 124 valence electrons. The molecular weight excluding hydrogens is 310 g/mol. The maximum Gasteiger partial charge on any atom is 0.268 e. The lowest BCUT2D eigenvalue weighted by atomic mass is 9.87. The first kappa shape index (κ1) is 15.6. The number of anilines is 1. The van der Waals surface area contributed by atoms with E-state index in [4.69, 9.17) is 0 Å². The lowest BCUT2D eigenvalue weighted by molar-refractivity contribution is -0.132. The Balaban J connectivity index is 1.86. The van der Waals surface area contributed by atoms with Gasteiger partial charge in [0.05, 0.1) is 12.2 Å². The van der Waals surface area contributed by atoms with Crippen LogP contribution in [0.2, 0.25) is 0 Å². The third-order valence-electron chi connectivity index (χ3n) is 4.76. The van der Waals surface area contributed by atoms with Crippen LogP contribution in [-0.2, 0) is 16.9 Å². The molecule has 1 unspecified atom stereocenters. The second kappa shape index (κ2) is 5.87. The minimum Gasteiger partial charge on any atom is -0.372 e. The van der Waals surface area contributed by atoms with Crippen molar-refractivity contribution in [3.8, 4) is 0 Å². The van der Waals surface area contributed by atoms with Crippen LogP contribution in [0.1, 0.15) is 22.3 Å². The number of fused-ring (bicyclic) bond motifs is 1. The normalized spacial score (nSPS) is 19.1. The Morgan fingerprint density at radius 2 is 1.56 bits per heavy atom. The van der Waals surface area contributed by atoms with Crippen LogP contribution >= 0.6 is 0 Å². The van der Waals surface area contributed by atoms with Crippen molar-refractivity contribution in [1.29, 1.82) is 0 Å². The number of carbonyl (C=O) groups is 1. The molecule has 0 spiro atoms. The molecule has 1 amide bonds. The first-order chi connectivity index (χ1) is 12.1. The molecule has 0 saturated carbocycles. The summed E-state index contributed by atoms with van der Waals surface area (Å²) in [5.41, 5.74) is 2.42. The van der Waals surface area contributed by atoms with Gasteiger partial charge in [0.1, 0.15) is 0 Å². The summed E-state index contributed by atoms with van der Waals surface area (Å²) < 4.78 is 0. The van der Waals surface area contributed by atoms with Crippen LogP contribution < -0.4 is 4.90 Å². The van der Waals surface area contributed by atoms with Crippen molar-refractivity contribution in [2.45, 2.75) is 19.1 Å². The van der Waals surface area contributed by atoms with Crippen LogP contribution in [-0.4, -0.2) is 11.0 Å². The summed E-state index contributed by atoms with van der Waals surface area (Å²) in [6.45, 7) is 2.40. The Morgan fingerprint density at radius 1 is 0.920 bits per heavy atom. The molecule has 1 heterocycles. The Kier molecular flexibility index (Phi) is 3.66. The van der Waals surface area contributed by atoms with Crippen molar-refractivity contribution < 1.29 is 9.90 Å². The molecule has 3 nitrogen and oxygen atoms in total. The molecule has 25 heavy (non-hydrogen) atoms. The number of benzene rings is 3. The molecule has 0 fully saturated rings. The van der Waals surface area contributed by atoms with Crippen LogP contribution in [0.3, 0.4) is 0 Å². The van der Waals surface area contributed by atoms with Crippen LogP contribution in [0, 0.1) is 6.92 Å². The molecule has 0 radical (unpaired) electrons. The largest absolute Gasteiger partial charge is 0.372 e. The number of hydrogen-bond donors (Lipinski definition) is 1. The van der Waals surface area contributed by atoms with Gasteiger partial charge in [0.25, 0.3) is 5.91 Å². The monoisotopic (exact) mass is 329 g/mol. The van der Waals surface area contributed by atoms with Gasteiger partial charge in [-0.1, -0.05) is 78.4 Å². The Morgan fingerprint density at radius 3 is 2.24 bits per heavy atom. The average molecular weight is 329 g/mol. The van der Waals surface area contributed by atoms with E-state index in [2.05, 4.69) is 0 Å². The van der Waals surface area contributed by atoms with Crippen molar-refractivity contribution >= 4 is 11.6 Å². The second-order valence-electron chi connectivity index (χ2n) is 6.47. The van der Waals surface area contributed by atoms with Crippen LogP contribution in [0.25, 0.3) is 0 Å². The Hall–Kier alpha value is -2.91. The molecule has 3 aromatic carbocycles. The fraction of sp³-hybridized carbons (Fsp3) is 0.136. The lowest BCUT2D eigenvalue weighted by Crippen LogP contribution is -2.40. The number of rotatable bonds is 3. The Bertz CT molecular complexity index is 921. The second-order valence-corrected chi connectivity index (χ2v) is 6.47. The molecule has 3 aromatic rings. The average Bonchev–Trinajstić information content (AvgIpc) is 2.86. The third-order valence-corrected chi connectivity index (χ3v) is 4.76. The highest BCUT2D eigenvalue weighted by atomic mass is 16.3. The minimum absolute atomic E-state index is 0.303. The smallest absolute Gasteiger partial charge is 0.268 e. The van der Waals surface area contributed by atoms with Crippen LogP contribution in [0.15, 0.2) is 78.9 Å². The molecule has 1 aliphatic rings. The molecule has 4 rings (SSSR count). The predicted molar refractivity (Wildman–Crippen MR) is 98.3 cm³/mol. The number of carbonyl (C=O) groups excluding carboxylic acids is 1. The van der Waals surface area contributed by atoms with E-state index >= 15 is 0 Å². The van der Waals surface area contributed by atoms with Crippen molar-refractivity contribution in [2.75, 3.05) is 4.90 Å². The van der Waals surface area contributed by atoms with Crippen LogP contribution in [0.5, 0.6) is 0 Å². The first-order valence-electron chi connectivity index (χ1n) is 8.35. The van der Waals surface area contributed by atoms with Gasteiger partial charge in [-0.15, -0.1) is 0 Å². The van der Waals surface area contributed by atoms with Gasteiger partial charge in [0.2, 0.25) is 0 Å². The summed E-state index contributed by atoms with van der Waals surface area (Å²) in [6, 6.07) is 24.8. The maximum atomic E-state index is 13.3. The van der Waals surface area contributed by atoms with E-state index in [1.165, 1.54) is 0 Å². The van der Waals surface area contributed by atoms with Crippen LogP contribution in [0.4, 0.5) is 5.69 Å². The van der Waals surface area contributed by atoms with E-state index in [0.29, 0.717) is 17.7 Å². The fourth-order valence-corrected chi connectivity index (χ4v) is 3.48. The van der Waals surface area contributed by atoms with E-state index in [-0.39, 0.29) is 5.91 Å². The lowest BCUT2D eigenvalue weighted by Gasteiger charge is -2.24. The summed E-state index contributed by atoms with van der Waals surface area (Å²) in [6.07, 6.45) is 0. The van der Waals surface area contributed by atoms with Gasteiger partial charge in [-0.3, -0.25) is 4.79 Å². The van der Waals surface area contributed by atoms with E-state index < -0.39 is 5.60 Å². The van der Waals surface area contributed by atoms with Gasteiger partial charge in [0, 0.05) is 5.56 Å². The molecule has 1 aliphatic heterocycles. The van der Waals surface area contributed by atoms with Crippen molar-refractivity contribution in [3.05, 3.63) is 101 Å². The molecular formula is C22H19NO2. The molecule has 0 aromatic heterocycles. The van der Waals surface area contributed by atoms with E-state index in [9.17, 15) is 9.90 Å². The molecule has 0 bridgehead atoms. The molecule has 1 N–H and O–H groups in total. The zero-order chi connectivity index (χ0) is 17.4. The number of hydrogen-bond acceptors (Lipinski definition) is 2. The van der Waals surface area contributed by atoms with Gasteiger partial charge in [-0.2, -0.15) is 0 Å². The summed E-state index contributed by atoms with van der Waals surface area (Å²) in [7, 11) is 0. The number of nitrogens with zero attached hydrogens (tertiary/aromatic N) is 1. The number of aryl methyl sites for hydroxylation is 1. The maximum absolute atomic E-state index is 13.3. The van der Waals surface area contributed by atoms with Gasteiger partial charge in [-0.05, 0) is 24.1 Å². The van der Waals surface area contributed by atoms with Crippen molar-refractivity contribution in [2.24, 2.45) is 0 Å².